The van der Waals surface area contributed by atoms with Crippen molar-refractivity contribution >= 4 is 40.5 Å². The minimum Gasteiger partial charge on any atom is -0.319 e. The van der Waals surface area contributed by atoms with Gasteiger partial charge in [-0.15, -0.1) is 0 Å². The van der Waals surface area contributed by atoms with Crippen molar-refractivity contribution in [3.05, 3.63) is 65.2 Å². The van der Waals surface area contributed by atoms with Crippen LogP contribution in [0.4, 0.5) is 5.69 Å². The van der Waals surface area contributed by atoms with E-state index >= 15 is 0 Å². The molecule has 0 bridgehead atoms. The van der Waals surface area contributed by atoms with Crippen molar-refractivity contribution < 1.29 is 4.79 Å². The minimum absolute atomic E-state index is 0.306. The Kier molecular flexibility index (Phi) is 5.31. The number of thiocarbonyl (C=S) groups is 1. The van der Waals surface area contributed by atoms with Gasteiger partial charge in [0, 0.05) is 12.2 Å². The molecule has 0 unspecified atom stereocenters. The molecule has 0 aromatic heterocycles. The van der Waals surface area contributed by atoms with E-state index in [2.05, 4.69) is 5.32 Å². The third-order valence-electron chi connectivity index (χ3n) is 2.97. The fourth-order valence-electron chi connectivity index (χ4n) is 1.93. The lowest BCUT2D eigenvalue weighted by Gasteiger charge is -2.23. The lowest BCUT2D eigenvalue weighted by Crippen LogP contribution is -2.42. The summed E-state index contributed by atoms with van der Waals surface area (Å²) in [6.45, 7) is 2.63. The predicted molar refractivity (Wildman–Crippen MR) is 91.0 cm³/mol. The summed E-state index contributed by atoms with van der Waals surface area (Å²) >= 11 is 11.3. The highest BCUT2D eigenvalue weighted by atomic mass is 35.5. The molecule has 3 nitrogen and oxygen atoms in total. The third kappa shape index (κ3) is 3.80. The summed E-state index contributed by atoms with van der Waals surface area (Å²) in [7, 11) is 0. The number of amides is 1. The van der Waals surface area contributed by atoms with Crippen molar-refractivity contribution in [3.8, 4) is 0 Å². The number of rotatable bonds is 3. The summed E-state index contributed by atoms with van der Waals surface area (Å²) in [4.78, 5) is 14.1. The predicted octanol–water partition coefficient (Wildman–Crippen LogP) is 3.88. The first-order chi connectivity index (χ1) is 10.1. The van der Waals surface area contributed by atoms with E-state index in [4.69, 9.17) is 23.8 Å². The van der Waals surface area contributed by atoms with Gasteiger partial charge in [-0.1, -0.05) is 41.9 Å². The maximum atomic E-state index is 12.2. The standard InChI is InChI=1S/C16H15ClN2OS/c1-2-19(12-8-4-3-5-9-12)16(21)18-15(20)13-10-6-7-11-14(13)17/h3-11H,2H2,1H3,(H,18,20,21). The average molecular weight is 319 g/mol. The molecule has 5 heteroatoms. The molecule has 21 heavy (non-hydrogen) atoms. The quantitative estimate of drug-likeness (QED) is 0.872. The Labute approximate surface area is 134 Å². The maximum absolute atomic E-state index is 12.2. The zero-order valence-electron chi connectivity index (χ0n) is 11.5. The molecule has 0 radical (unpaired) electrons. The highest BCUT2D eigenvalue weighted by molar-refractivity contribution is 7.80. The van der Waals surface area contributed by atoms with Crippen molar-refractivity contribution in [1.29, 1.82) is 0 Å². The summed E-state index contributed by atoms with van der Waals surface area (Å²) in [5, 5.41) is 3.48. The summed E-state index contributed by atoms with van der Waals surface area (Å²) in [5.74, 6) is -0.306. The van der Waals surface area contributed by atoms with Gasteiger partial charge in [-0.05, 0) is 43.4 Å². The molecule has 0 fully saturated rings. The van der Waals surface area contributed by atoms with Crippen LogP contribution in [0.5, 0.6) is 0 Å². The van der Waals surface area contributed by atoms with Gasteiger partial charge < -0.3 is 4.90 Å². The molecule has 0 saturated heterocycles. The van der Waals surface area contributed by atoms with Crippen molar-refractivity contribution in [2.75, 3.05) is 11.4 Å². The van der Waals surface area contributed by atoms with Crippen LogP contribution in [0.15, 0.2) is 54.6 Å². The fraction of sp³-hybridized carbons (Fsp3) is 0.125. The van der Waals surface area contributed by atoms with Gasteiger partial charge in [0.25, 0.3) is 5.91 Å². The molecule has 108 valence electrons. The number of benzene rings is 2. The number of anilines is 1. The topological polar surface area (TPSA) is 32.3 Å². The summed E-state index contributed by atoms with van der Waals surface area (Å²) in [6.07, 6.45) is 0. The van der Waals surface area contributed by atoms with E-state index in [0.717, 1.165) is 5.69 Å². The number of nitrogens with zero attached hydrogens (tertiary/aromatic N) is 1. The van der Waals surface area contributed by atoms with Crippen molar-refractivity contribution in [2.45, 2.75) is 6.92 Å². The monoisotopic (exact) mass is 318 g/mol. The number of carbonyl (C=O) groups excluding carboxylic acids is 1. The van der Waals surface area contributed by atoms with Crippen LogP contribution in [-0.2, 0) is 0 Å². The molecular weight excluding hydrogens is 304 g/mol. The normalized spacial score (nSPS) is 10.0. The molecule has 0 spiro atoms. The fourth-order valence-corrected chi connectivity index (χ4v) is 2.48. The minimum atomic E-state index is -0.306. The van der Waals surface area contributed by atoms with Gasteiger partial charge in [-0.25, -0.2) is 0 Å². The lowest BCUT2D eigenvalue weighted by molar-refractivity contribution is 0.0977. The van der Waals surface area contributed by atoms with E-state index in [1.807, 2.05) is 42.2 Å². The average Bonchev–Trinajstić information content (AvgIpc) is 2.49. The molecule has 2 rings (SSSR count). The smallest absolute Gasteiger partial charge is 0.258 e. The van der Waals surface area contributed by atoms with Gasteiger partial charge in [0.05, 0.1) is 10.6 Å². The number of carbonyl (C=O) groups is 1. The Bertz CT molecular complexity index is 646. The molecule has 0 heterocycles. The first-order valence-electron chi connectivity index (χ1n) is 6.56. The van der Waals surface area contributed by atoms with E-state index in [-0.39, 0.29) is 5.91 Å². The molecule has 0 aliphatic heterocycles. The van der Waals surface area contributed by atoms with Crippen molar-refractivity contribution in [2.24, 2.45) is 0 Å². The van der Waals surface area contributed by atoms with Crippen molar-refractivity contribution in [3.63, 3.8) is 0 Å². The number of hydrogen-bond acceptors (Lipinski definition) is 2. The molecular formula is C16H15ClN2OS. The van der Waals surface area contributed by atoms with Crippen LogP contribution in [0, 0.1) is 0 Å². The number of hydrogen-bond donors (Lipinski definition) is 1. The highest BCUT2D eigenvalue weighted by Gasteiger charge is 2.15. The first kappa shape index (κ1) is 15.5. The van der Waals surface area contributed by atoms with Gasteiger partial charge in [0.15, 0.2) is 5.11 Å². The van der Waals surface area contributed by atoms with Crippen LogP contribution in [0.3, 0.4) is 0 Å². The van der Waals surface area contributed by atoms with Crippen LogP contribution in [0.25, 0.3) is 0 Å². The summed E-state index contributed by atoms with van der Waals surface area (Å²) in [6, 6.07) is 16.6. The molecule has 0 atom stereocenters. The molecule has 2 aromatic carbocycles. The maximum Gasteiger partial charge on any atom is 0.258 e. The highest BCUT2D eigenvalue weighted by Crippen LogP contribution is 2.16. The molecule has 1 N–H and O–H groups in total. The van der Waals surface area contributed by atoms with Gasteiger partial charge in [0.2, 0.25) is 0 Å². The SMILES string of the molecule is CCN(C(=S)NC(=O)c1ccccc1Cl)c1ccccc1. The van der Waals surface area contributed by atoms with Crippen LogP contribution in [-0.4, -0.2) is 17.6 Å². The second kappa shape index (κ2) is 7.20. The Morgan fingerprint density at radius 1 is 1.14 bits per heavy atom. The van der Waals surface area contributed by atoms with E-state index in [1.54, 1.807) is 24.3 Å². The first-order valence-corrected chi connectivity index (χ1v) is 7.34. The zero-order valence-corrected chi connectivity index (χ0v) is 13.1. The van der Waals surface area contributed by atoms with Gasteiger partial charge in [-0.3, -0.25) is 10.1 Å². The van der Waals surface area contributed by atoms with E-state index in [9.17, 15) is 4.79 Å². The van der Waals surface area contributed by atoms with Gasteiger partial charge in [0.1, 0.15) is 0 Å². The Morgan fingerprint density at radius 2 is 1.76 bits per heavy atom. The number of nitrogens with one attached hydrogen (secondary N) is 1. The van der Waals surface area contributed by atoms with Crippen LogP contribution in [0.1, 0.15) is 17.3 Å². The van der Waals surface area contributed by atoms with Crippen LogP contribution >= 0.6 is 23.8 Å². The summed E-state index contributed by atoms with van der Waals surface area (Å²) < 4.78 is 0. The molecule has 0 aliphatic rings. The molecule has 1 amide bonds. The third-order valence-corrected chi connectivity index (χ3v) is 3.62. The van der Waals surface area contributed by atoms with Crippen molar-refractivity contribution in [1.82, 2.24) is 5.32 Å². The second-order valence-corrected chi connectivity index (χ2v) is 5.11. The number of para-hydroxylation sites is 1. The van der Waals surface area contributed by atoms with Gasteiger partial charge >= 0.3 is 0 Å². The van der Waals surface area contributed by atoms with Gasteiger partial charge in [-0.2, -0.15) is 0 Å². The lowest BCUT2D eigenvalue weighted by atomic mass is 10.2. The Hall–Kier alpha value is -1.91. The number of halogens is 1. The molecule has 2 aromatic rings. The molecule has 0 aliphatic carbocycles. The van der Waals surface area contributed by atoms with E-state index < -0.39 is 0 Å². The van der Waals surface area contributed by atoms with Crippen LogP contribution in [0.2, 0.25) is 5.02 Å². The zero-order chi connectivity index (χ0) is 15.2. The summed E-state index contributed by atoms with van der Waals surface area (Å²) in [5.41, 5.74) is 1.34. The second-order valence-electron chi connectivity index (χ2n) is 4.32. The van der Waals surface area contributed by atoms with Crippen LogP contribution < -0.4 is 10.2 Å². The molecule has 0 saturated carbocycles. The Morgan fingerprint density at radius 3 is 2.38 bits per heavy atom. The Balaban J connectivity index is 2.13. The largest absolute Gasteiger partial charge is 0.319 e. The van der Waals surface area contributed by atoms with E-state index in [0.29, 0.717) is 22.2 Å². The van der Waals surface area contributed by atoms with E-state index in [1.165, 1.54) is 0 Å².